The van der Waals surface area contributed by atoms with Crippen molar-refractivity contribution in [2.24, 2.45) is 0 Å². The highest BCUT2D eigenvalue weighted by Gasteiger charge is 2.46. The first-order valence-corrected chi connectivity index (χ1v) is 10.8. The summed E-state index contributed by atoms with van der Waals surface area (Å²) < 4.78 is 21.4. The summed E-state index contributed by atoms with van der Waals surface area (Å²) in [7, 11) is 9.52. The second-order valence-electron chi connectivity index (χ2n) is 8.14. The maximum Gasteiger partial charge on any atom is 0.295 e. The Hall–Kier alpha value is -3.92. The number of phenols is 1. The van der Waals surface area contributed by atoms with Crippen LogP contribution in [0.4, 0.5) is 0 Å². The number of ketones is 1. The lowest BCUT2D eigenvalue weighted by Gasteiger charge is -2.27. The topological polar surface area (TPSA) is 118 Å². The molecule has 1 saturated heterocycles. The molecule has 3 rings (SSSR count). The number of carbonyl (C=O) groups is 2. The summed E-state index contributed by atoms with van der Waals surface area (Å²) in [6.07, 6.45) is 0. The minimum Gasteiger partial charge on any atom is -0.507 e. The van der Waals surface area contributed by atoms with E-state index in [-0.39, 0.29) is 23.4 Å². The van der Waals surface area contributed by atoms with Crippen molar-refractivity contribution in [3.05, 3.63) is 47.0 Å². The Bertz CT molecular complexity index is 1130. The molecule has 2 N–H and O–H groups in total. The average molecular weight is 487 g/mol. The normalized spacial score (nSPS) is 17.1. The highest BCUT2D eigenvalue weighted by molar-refractivity contribution is 6.46. The summed E-state index contributed by atoms with van der Waals surface area (Å²) in [4.78, 5) is 29.6. The fourth-order valence-corrected chi connectivity index (χ4v) is 4.01. The van der Waals surface area contributed by atoms with E-state index in [4.69, 9.17) is 18.9 Å². The Morgan fingerprint density at radius 2 is 1.60 bits per heavy atom. The van der Waals surface area contributed by atoms with Crippen LogP contribution >= 0.6 is 0 Å². The van der Waals surface area contributed by atoms with Crippen molar-refractivity contribution >= 4 is 17.4 Å². The highest BCUT2D eigenvalue weighted by atomic mass is 16.5. The van der Waals surface area contributed by atoms with E-state index in [9.17, 15) is 19.8 Å². The number of amides is 1. The van der Waals surface area contributed by atoms with Crippen molar-refractivity contribution in [3.8, 4) is 28.7 Å². The molecule has 1 atom stereocenters. The number of aliphatic hydroxyl groups excluding tert-OH is 1. The monoisotopic (exact) mass is 486 g/mol. The first-order chi connectivity index (χ1) is 16.7. The van der Waals surface area contributed by atoms with Crippen LogP contribution in [-0.2, 0) is 9.59 Å². The maximum absolute atomic E-state index is 13.2. The van der Waals surface area contributed by atoms with Gasteiger partial charge in [0, 0.05) is 19.2 Å². The van der Waals surface area contributed by atoms with E-state index in [1.807, 2.05) is 19.0 Å². The first-order valence-electron chi connectivity index (χ1n) is 10.8. The van der Waals surface area contributed by atoms with Gasteiger partial charge in [-0.3, -0.25) is 9.59 Å². The molecule has 10 nitrogen and oxygen atoms in total. The minimum atomic E-state index is -0.967. The second kappa shape index (κ2) is 10.6. The predicted octanol–water partition coefficient (Wildman–Crippen LogP) is 2.41. The van der Waals surface area contributed by atoms with Gasteiger partial charge in [-0.1, -0.05) is 0 Å². The summed E-state index contributed by atoms with van der Waals surface area (Å²) in [6.45, 7) is 0.687. The molecule has 1 unspecified atom stereocenters. The molecular formula is C25H30N2O8. The lowest BCUT2D eigenvalue weighted by Crippen LogP contribution is -2.35. The van der Waals surface area contributed by atoms with Crippen LogP contribution in [0, 0.1) is 0 Å². The van der Waals surface area contributed by atoms with Crippen molar-refractivity contribution < 1.29 is 38.7 Å². The summed E-state index contributed by atoms with van der Waals surface area (Å²) in [5.74, 6) is -1.07. The van der Waals surface area contributed by atoms with Crippen molar-refractivity contribution in [1.82, 2.24) is 9.80 Å². The van der Waals surface area contributed by atoms with E-state index in [1.54, 1.807) is 12.1 Å². The Kier molecular flexibility index (Phi) is 7.75. The molecule has 0 spiro atoms. The zero-order chi connectivity index (χ0) is 25.9. The van der Waals surface area contributed by atoms with E-state index in [2.05, 4.69) is 0 Å². The van der Waals surface area contributed by atoms with Crippen LogP contribution < -0.4 is 18.9 Å². The molecule has 1 aliphatic rings. The summed E-state index contributed by atoms with van der Waals surface area (Å²) in [5, 5.41) is 21.7. The quantitative estimate of drug-likeness (QED) is 0.313. The molecule has 1 aliphatic heterocycles. The molecule has 10 heteroatoms. The number of rotatable bonds is 9. The van der Waals surface area contributed by atoms with Crippen LogP contribution in [0.5, 0.6) is 28.7 Å². The Morgan fingerprint density at radius 1 is 0.971 bits per heavy atom. The Labute approximate surface area is 203 Å². The van der Waals surface area contributed by atoms with Gasteiger partial charge in [0.25, 0.3) is 11.7 Å². The summed E-state index contributed by atoms with van der Waals surface area (Å²) in [6, 6.07) is 6.55. The van der Waals surface area contributed by atoms with Crippen molar-refractivity contribution in [3.63, 3.8) is 0 Å². The van der Waals surface area contributed by atoms with Gasteiger partial charge in [-0.15, -0.1) is 0 Å². The number of hydrogen-bond acceptors (Lipinski definition) is 9. The minimum absolute atomic E-state index is 0.00569. The highest BCUT2D eigenvalue weighted by Crippen LogP contribution is 2.46. The van der Waals surface area contributed by atoms with Crippen LogP contribution in [0.3, 0.4) is 0 Å². The number of hydrogen-bond donors (Lipinski definition) is 2. The lowest BCUT2D eigenvalue weighted by molar-refractivity contribution is -0.140. The number of nitrogens with zero attached hydrogens (tertiary/aromatic N) is 2. The van der Waals surface area contributed by atoms with E-state index >= 15 is 0 Å². The van der Waals surface area contributed by atoms with Gasteiger partial charge in [0.2, 0.25) is 5.75 Å². The van der Waals surface area contributed by atoms with Crippen molar-refractivity contribution in [1.29, 1.82) is 0 Å². The fraction of sp³-hybridized carbons (Fsp3) is 0.360. The molecule has 0 saturated carbocycles. The van der Waals surface area contributed by atoms with Gasteiger partial charge in [0.1, 0.15) is 17.3 Å². The van der Waals surface area contributed by atoms with Gasteiger partial charge >= 0.3 is 0 Å². The molecule has 0 aliphatic carbocycles. The average Bonchev–Trinajstić information content (AvgIpc) is 3.10. The molecule has 188 valence electrons. The van der Waals surface area contributed by atoms with Crippen LogP contribution in [0.25, 0.3) is 5.76 Å². The number of carbonyl (C=O) groups excluding carboxylic acids is 2. The molecule has 1 amide bonds. The molecular weight excluding hydrogens is 456 g/mol. The number of aromatic hydroxyl groups is 1. The van der Waals surface area contributed by atoms with E-state index < -0.39 is 23.5 Å². The Morgan fingerprint density at radius 3 is 2.09 bits per heavy atom. The van der Waals surface area contributed by atoms with Crippen molar-refractivity contribution in [2.45, 2.75) is 6.04 Å². The molecule has 1 heterocycles. The third-order valence-electron chi connectivity index (χ3n) is 5.79. The zero-order valence-electron chi connectivity index (χ0n) is 20.6. The number of benzene rings is 2. The second-order valence-corrected chi connectivity index (χ2v) is 8.14. The number of Topliss-reactive ketones (excluding diaryl/α,β-unsaturated/α-hetero) is 1. The SMILES string of the molecule is COc1ccc(/C(O)=C2\C(=O)C(=O)N(CCN(C)C)C2c2cc(OC)c(OC)c(OC)c2)c(O)c1. The van der Waals surface area contributed by atoms with E-state index in [0.29, 0.717) is 35.1 Å². The molecule has 2 aromatic rings. The first kappa shape index (κ1) is 25.7. The zero-order valence-corrected chi connectivity index (χ0v) is 20.6. The van der Waals surface area contributed by atoms with Gasteiger partial charge in [0.15, 0.2) is 11.5 Å². The molecule has 35 heavy (non-hydrogen) atoms. The number of aliphatic hydroxyl groups is 1. The predicted molar refractivity (Wildman–Crippen MR) is 128 cm³/mol. The number of phenolic OH excluding ortho intramolecular Hbond substituents is 1. The third kappa shape index (κ3) is 4.83. The summed E-state index contributed by atoms with van der Waals surface area (Å²) in [5.41, 5.74) is 0.296. The lowest BCUT2D eigenvalue weighted by atomic mass is 9.94. The van der Waals surface area contributed by atoms with E-state index in [1.165, 1.54) is 51.5 Å². The Balaban J connectivity index is 2.27. The van der Waals surface area contributed by atoms with Gasteiger partial charge in [0.05, 0.1) is 45.6 Å². The van der Waals surface area contributed by atoms with Gasteiger partial charge in [-0.2, -0.15) is 0 Å². The molecule has 2 aromatic carbocycles. The van der Waals surface area contributed by atoms with Crippen LogP contribution in [-0.4, -0.2) is 87.3 Å². The molecule has 0 radical (unpaired) electrons. The maximum atomic E-state index is 13.2. The number of likely N-dealkylation sites (tertiary alicyclic amines) is 1. The van der Waals surface area contributed by atoms with Crippen LogP contribution in [0.1, 0.15) is 17.2 Å². The number of likely N-dealkylation sites (N-methyl/N-ethyl adjacent to an activating group) is 1. The van der Waals surface area contributed by atoms with Crippen LogP contribution in [0.15, 0.2) is 35.9 Å². The molecule has 0 aromatic heterocycles. The smallest absolute Gasteiger partial charge is 0.295 e. The molecule has 1 fully saturated rings. The van der Waals surface area contributed by atoms with Crippen molar-refractivity contribution in [2.75, 3.05) is 55.6 Å². The van der Waals surface area contributed by atoms with E-state index in [0.717, 1.165) is 0 Å². The van der Waals surface area contributed by atoms with Gasteiger partial charge < -0.3 is 39.0 Å². The van der Waals surface area contributed by atoms with Gasteiger partial charge in [-0.25, -0.2) is 0 Å². The number of ether oxygens (including phenoxy) is 4. The standard InChI is InChI=1S/C25H30N2O8/c1-26(2)9-10-27-21(14-11-18(33-4)24(35-6)19(12-14)34-5)20(23(30)25(27)31)22(29)16-8-7-15(32-3)13-17(16)28/h7-8,11-13,21,28-29H,9-10H2,1-6H3/b22-20+. The van der Waals surface area contributed by atoms with Crippen LogP contribution in [0.2, 0.25) is 0 Å². The summed E-state index contributed by atoms with van der Waals surface area (Å²) >= 11 is 0. The third-order valence-corrected chi connectivity index (χ3v) is 5.79. The molecule has 0 bridgehead atoms. The fourth-order valence-electron chi connectivity index (χ4n) is 4.01. The largest absolute Gasteiger partial charge is 0.507 e. The van der Waals surface area contributed by atoms with Gasteiger partial charge in [-0.05, 0) is 43.9 Å². The number of methoxy groups -OCH3 is 4.